The summed E-state index contributed by atoms with van der Waals surface area (Å²) < 4.78 is 33.1. The molecule has 1 heterocycles. The molecule has 0 aliphatic rings. The minimum absolute atomic E-state index is 0.0614. The van der Waals surface area contributed by atoms with Crippen LogP contribution in [0.4, 0.5) is 25.4 Å². The number of ether oxygens (including phenoxy) is 1. The van der Waals surface area contributed by atoms with Crippen molar-refractivity contribution in [1.29, 1.82) is 0 Å². The van der Waals surface area contributed by atoms with Gasteiger partial charge < -0.3 is 21.1 Å². The van der Waals surface area contributed by atoms with Gasteiger partial charge in [0.1, 0.15) is 29.1 Å². The summed E-state index contributed by atoms with van der Waals surface area (Å²) in [5.74, 6) is -2.74. The summed E-state index contributed by atoms with van der Waals surface area (Å²) in [7, 11) is 0. The minimum atomic E-state index is -1.11. The summed E-state index contributed by atoms with van der Waals surface area (Å²) in [5.41, 5.74) is 13.0. The van der Waals surface area contributed by atoms with Gasteiger partial charge in [0, 0.05) is 17.3 Å². The summed E-state index contributed by atoms with van der Waals surface area (Å²) in [4.78, 5) is 30.8. The van der Waals surface area contributed by atoms with E-state index in [1.807, 2.05) is 30.3 Å². The molecule has 4 rings (SSSR count). The van der Waals surface area contributed by atoms with E-state index < -0.39 is 23.6 Å². The van der Waals surface area contributed by atoms with Crippen molar-refractivity contribution in [2.24, 2.45) is 5.73 Å². The molecule has 1 amide bonds. The van der Waals surface area contributed by atoms with Crippen LogP contribution < -0.4 is 21.1 Å². The van der Waals surface area contributed by atoms with Crippen LogP contribution >= 0.6 is 11.3 Å². The van der Waals surface area contributed by atoms with Crippen LogP contribution in [0.2, 0.25) is 0 Å². The quantitative estimate of drug-likeness (QED) is 0.314. The number of ketones is 1. The monoisotopic (exact) mass is 508 g/mol. The molecule has 10 heteroatoms. The molecule has 4 aromatic rings. The molecule has 0 radical (unpaired) electrons. The number of nitrogens with zero attached hydrogens (tertiary/aromatic N) is 2. The third kappa shape index (κ3) is 5.33. The van der Waals surface area contributed by atoms with Gasteiger partial charge in [0.25, 0.3) is 0 Å². The van der Waals surface area contributed by atoms with Crippen LogP contribution in [0.5, 0.6) is 5.75 Å². The number of carbonyl (C=O) groups excluding carboxylic acids is 2. The van der Waals surface area contributed by atoms with Gasteiger partial charge in [-0.15, -0.1) is 0 Å². The van der Waals surface area contributed by atoms with Gasteiger partial charge in [-0.25, -0.2) is 13.8 Å². The number of amides is 1. The molecule has 7 nitrogen and oxygen atoms in total. The maximum Gasteiger partial charge on any atom is 0.240 e. The number of aromatic nitrogens is 1. The van der Waals surface area contributed by atoms with Gasteiger partial charge in [-0.1, -0.05) is 41.7 Å². The molecule has 4 N–H and O–H groups in total. The average Bonchev–Trinajstić information content (AvgIpc) is 3.26. The highest BCUT2D eigenvalue weighted by atomic mass is 32.1. The van der Waals surface area contributed by atoms with Crippen molar-refractivity contribution in [1.82, 2.24) is 4.98 Å². The van der Waals surface area contributed by atoms with E-state index in [1.165, 1.54) is 17.9 Å². The van der Waals surface area contributed by atoms with E-state index in [0.717, 1.165) is 29.0 Å². The molecule has 0 aliphatic carbocycles. The van der Waals surface area contributed by atoms with Gasteiger partial charge in [0.15, 0.2) is 16.8 Å². The van der Waals surface area contributed by atoms with Crippen LogP contribution in [0.15, 0.2) is 72.8 Å². The maximum absolute atomic E-state index is 13.9. The molecule has 1 atom stereocenters. The molecule has 0 bridgehead atoms. The Hall–Kier alpha value is -4.31. The number of rotatable bonds is 9. The molecule has 0 spiro atoms. The molecule has 0 aliphatic heterocycles. The molecular weight excluding hydrogens is 486 g/mol. The Labute approximate surface area is 209 Å². The summed E-state index contributed by atoms with van der Waals surface area (Å²) in [6, 6.07) is 18.4. The molecule has 0 saturated heterocycles. The normalized spacial score (nSPS) is 11.6. The summed E-state index contributed by atoms with van der Waals surface area (Å²) in [5, 5.41) is 0.135. The Kier molecular flexibility index (Phi) is 7.25. The van der Waals surface area contributed by atoms with E-state index in [4.69, 9.17) is 16.2 Å². The van der Waals surface area contributed by atoms with E-state index in [9.17, 15) is 18.4 Å². The van der Waals surface area contributed by atoms with Crippen molar-refractivity contribution < 1.29 is 23.1 Å². The Morgan fingerprint density at radius 2 is 1.72 bits per heavy atom. The highest BCUT2D eigenvalue weighted by Gasteiger charge is 2.28. The number of benzene rings is 3. The van der Waals surface area contributed by atoms with E-state index >= 15 is 0 Å². The number of halogens is 2. The van der Waals surface area contributed by atoms with Gasteiger partial charge in [0.2, 0.25) is 11.7 Å². The molecule has 1 aromatic heterocycles. The first-order chi connectivity index (χ1) is 17.2. The lowest BCUT2D eigenvalue weighted by atomic mass is 10.1. The zero-order valence-electron chi connectivity index (χ0n) is 19.2. The van der Waals surface area contributed by atoms with Crippen LogP contribution in [0.1, 0.15) is 27.7 Å². The molecule has 36 heavy (non-hydrogen) atoms. The topological polar surface area (TPSA) is 112 Å². The Balaban J connectivity index is 1.58. The zero-order chi connectivity index (χ0) is 25.8. The van der Waals surface area contributed by atoms with Crippen LogP contribution in [-0.2, 0) is 11.4 Å². The number of nitrogen functional groups attached to an aromatic ring is 1. The predicted octanol–water partition coefficient (Wildman–Crippen LogP) is 4.83. The van der Waals surface area contributed by atoms with Crippen molar-refractivity contribution in [3.05, 3.63) is 100 Å². The molecule has 0 saturated carbocycles. The largest absolute Gasteiger partial charge is 0.489 e. The zero-order valence-corrected chi connectivity index (χ0v) is 20.0. The Morgan fingerprint density at radius 1 is 1.03 bits per heavy atom. The Bertz CT molecular complexity index is 1390. The number of primary amides is 1. The molecule has 184 valence electrons. The van der Waals surface area contributed by atoms with Crippen LogP contribution in [-0.4, -0.2) is 22.7 Å². The molecule has 3 aromatic carbocycles. The molecule has 0 fully saturated rings. The van der Waals surface area contributed by atoms with E-state index in [2.05, 4.69) is 4.98 Å². The Morgan fingerprint density at radius 3 is 2.36 bits per heavy atom. The third-order valence-corrected chi connectivity index (χ3v) is 6.47. The number of hydrogen-bond donors (Lipinski definition) is 2. The van der Waals surface area contributed by atoms with Gasteiger partial charge in [-0.3, -0.25) is 9.59 Å². The van der Waals surface area contributed by atoms with E-state index in [0.29, 0.717) is 17.9 Å². The fraction of sp³-hybridized carbons (Fsp3) is 0.115. The summed E-state index contributed by atoms with van der Waals surface area (Å²) in [6.45, 7) is 1.87. The maximum atomic E-state index is 13.9. The number of thiazole rings is 1. The van der Waals surface area contributed by atoms with Crippen molar-refractivity contribution in [2.45, 2.75) is 19.6 Å². The van der Waals surface area contributed by atoms with E-state index in [-0.39, 0.29) is 27.3 Å². The van der Waals surface area contributed by atoms with Gasteiger partial charge in [-0.2, -0.15) is 0 Å². The predicted molar refractivity (Wildman–Crippen MR) is 134 cm³/mol. The van der Waals surface area contributed by atoms with Crippen LogP contribution in [0.25, 0.3) is 0 Å². The average molecular weight is 509 g/mol. The first-order valence-corrected chi connectivity index (χ1v) is 11.7. The highest BCUT2D eigenvalue weighted by Crippen LogP contribution is 2.36. The fourth-order valence-corrected chi connectivity index (χ4v) is 4.47. The first kappa shape index (κ1) is 24.8. The molecular formula is C26H22F2N4O3S. The highest BCUT2D eigenvalue weighted by molar-refractivity contribution is 7.18. The number of anilines is 3. The lowest BCUT2D eigenvalue weighted by Crippen LogP contribution is -2.40. The van der Waals surface area contributed by atoms with Crippen molar-refractivity contribution in [3.8, 4) is 5.75 Å². The van der Waals surface area contributed by atoms with E-state index in [1.54, 1.807) is 24.3 Å². The standard InChI is InChI=1S/C26H22F2N4O3S/c1-15(25(30)34)32(18-9-12-20(27)21(28)13-18)26-31-24(29)23(36-26)22(33)17-7-10-19(11-8-17)35-14-16-5-3-2-4-6-16/h2-13,15H,14,29H2,1H3,(H2,30,34)/t15-/m1/s1. The SMILES string of the molecule is C[C@H](C(N)=O)N(c1ccc(F)c(F)c1)c1nc(N)c(C(=O)c2ccc(OCc3ccccc3)cc2)s1. The smallest absolute Gasteiger partial charge is 0.240 e. The minimum Gasteiger partial charge on any atom is -0.489 e. The van der Waals surface area contributed by atoms with Gasteiger partial charge in [0.05, 0.1) is 0 Å². The van der Waals surface area contributed by atoms with Gasteiger partial charge >= 0.3 is 0 Å². The summed E-state index contributed by atoms with van der Waals surface area (Å²) in [6.07, 6.45) is 0. The van der Waals surface area contributed by atoms with Gasteiger partial charge in [-0.05, 0) is 48.9 Å². The van der Waals surface area contributed by atoms with Crippen molar-refractivity contribution >= 4 is 39.7 Å². The van der Waals surface area contributed by atoms with Crippen LogP contribution in [0, 0.1) is 11.6 Å². The number of nitrogens with two attached hydrogens (primary N) is 2. The lowest BCUT2D eigenvalue weighted by molar-refractivity contribution is -0.118. The fourth-order valence-electron chi connectivity index (χ4n) is 3.42. The van der Waals surface area contributed by atoms with Crippen LogP contribution in [0.3, 0.4) is 0 Å². The van der Waals surface area contributed by atoms with Crippen molar-refractivity contribution in [3.63, 3.8) is 0 Å². The number of carbonyl (C=O) groups is 2. The summed E-state index contributed by atoms with van der Waals surface area (Å²) >= 11 is 0.918. The lowest BCUT2D eigenvalue weighted by Gasteiger charge is -2.26. The second-order valence-corrected chi connectivity index (χ2v) is 8.86. The number of hydrogen-bond acceptors (Lipinski definition) is 7. The second-order valence-electron chi connectivity index (χ2n) is 7.89. The second kappa shape index (κ2) is 10.5. The van der Waals surface area contributed by atoms with Crippen molar-refractivity contribution in [2.75, 3.05) is 10.6 Å². The third-order valence-electron chi connectivity index (χ3n) is 5.40. The first-order valence-electron chi connectivity index (χ1n) is 10.9. The molecule has 0 unspecified atom stereocenters.